The maximum atomic E-state index is 11.5. The topological polar surface area (TPSA) is 93.6 Å². The number of rotatable bonds is 4. The highest BCUT2D eigenvalue weighted by Crippen LogP contribution is 2.30. The molecule has 3 aliphatic heterocycles. The molecular weight excluding hydrogens is 376 g/mol. The van der Waals surface area contributed by atoms with Gasteiger partial charge in [0.25, 0.3) is 5.24 Å². The van der Waals surface area contributed by atoms with E-state index in [2.05, 4.69) is 27.5 Å². The molecule has 8 nitrogen and oxygen atoms in total. The summed E-state index contributed by atoms with van der Waals surface area (Å²) in [4.78, 5) is 26.2. The van der Waals surface area contributed by atoms with Crippen LogP contribution in [-0.2, 0) is 0 Å². The third-order valence-corrected chi connectivity index (χ3v) is 6.44. The number of likely N-dealkylation sites (N-methyl/N-ethyl adjacent to an activating group) is 1. The molecular formula is C19H28N6O2S. The lowest BCUT2D eigenvalue weighted by atomic mass is 10.1. The standard InChI is InChI=1S/C19H28N6O2S/c1-24(14-6-5-7-20-12-14)16-11-13(10-15-17(26)23-19(27)28-15)21-18(22-16)25-8-3-2-4-9-25/h10-11,14,17,20,26H,2-9,12H2,1H3,(H,23,27)/b15-10-. The van der Waals surface area contributed by atoms with Crippen LogP contribution in [0.4, 0.5) is 16.6 Å². The molecule has 9 heteroatoms. The predicted molar refractivity (Wildman–Crippen MR) is 112 cm³/mol. The third kappa shape index (κ3) is 4.42. The molecule has 3 aliphatic rings. The fourth-order valence-corrected chi connectivity index (χ4v) is 4.64. The van der Waals surface area contributed by atoms with E-state index in [1.165, 1.54) is 6.42 Å². The van der Waals surface area contributed by atoms with Crippen molar-refractivity contribution in [1.82, 2.24) is 20.6 Å². The molecule has 3 fully saturated rings. The maximum Gasteiger partial charge on any atom is 0.285 e. The van der Waals surface area contributed by atoms with Gasteiger partial charge in [-0.2, -0.15) is 4.98 Å². The largest absolute Gasteiger partial charge is 0.369 e. The number of aromatic nitrogens is 2. The molecule has 3 N–H and O–H groups in total. The second kappa shape index (κ2) is 8.67. The summed E-state index contributed by atoms with van der Waals surface area (Å²) in [5.74, 6) is 1.62. The molecule has 1 aromatic heterocycles. The summed E-state index contributed by atoms with van der Waals surface area (Å²) in [6, 6.07) is 2.35. The van der Waals surface area contributed by atoms with Crippen LogP contribution >= 0.6 is 11.8 Å². The van der Waals surface area contributed by atoms with Crippen LogP contribution in [-0.4, -0.2) is 65.8 Å². The first-order chi connectivity index (χ1) is 13.6. The van der Waals surface area contributed by atoms with Crippen molar-refractivity contribution in [2.45, 2.75) is 44.4 Å². The quantitative estimate of drug-likeness (QED) is 0.699. The van der Waals surface area contributed by atoms with Gasteiger partial charge in [0, 0.05) is 43.7 Å². The Balaban J connectivity index is 1.66. The van der Waals surface area contributed by atoms with Gasteiger partial charge in [0.15, 0.2) is 6.23 Å². The SMILES string of the molecule is CN(c1cc(/C=C2\SC(=O)NC2O)nc(N2CCCCC2)n1)C1CCCNC1. The van der Waals surface area contributed by atoms with E-state index in [0.29, 0.717) is 10.9 Å². The fraction of sp³-hybridized carbons (Fsp3) is 0.632. The second-order valence-corrected chi connectivity index (χ2v) is 8.64. The number of piperidine rings is 2. The summed E-state index contributed by atoms with van der Waals surface area (Å²) in [5.41, 5.74) is 0.722. The Bertz CT molecular complexity index is 746. The van der Waals surface area contributed by atoms with Crippen LogP contribution in [0.1, 0.15) is 37.8 Å². The van der Waals surface area contributed by atoms with E-state index in [1.54, 1.807) is 6.08 Å². The minimum Gasteiger partial charge on any atom is -0.369 e. The zero-order valence-electron chi connectivity index (χ0n) is 16.2. The molecule has 4 rings (SSSR count). The smallest absolute Gasteiger partial charge is 0.285 e. The van der Waals surface area contributed by atoms with E-state index in [4.69, 9.17) is 9.97 Å². The van der Waals surface area contributed by atoms with Gasteiger partial charge in [-0.1, -0.05) is 0 Å². The normalized spacial score (nSPS) is 27.1. The number of carbonyl (C=O) groups excluding carboxylic acids is 1. The number of nitrogens with zero attached hydrogens (tertiary/aromatic N) is 4. The number of anilines is 2. The number of amides is 1. The van der Waals surface area contributed by atoms with Gasteiger partial charge in [0.05, 0.1) is 5.69 Å². The minimum absolute atomic E-state index is 0.241. The number of carbonyl (C=O) groups is 1. The number of aliphatic hydroxyl groups excluding tert-OH is 1. The Morgan fingerprint density at radius 2 is 2.11 bits per heavy atom. The van der Waals surface area contributed by atoms with E-state index >= 15 is 0 Å². The van der Waals surface area contributed by atoms with E-state index in [9.17, 15) is 9.90 Å². The van der Waals surface area contributed by atoms with Gasteiger partial charge in [0.2, 0.25) is 5.95 Å². The predicted octanol–water partition coefficient (Wildman–Crippen LogP) is 1.77. The molecule has 0 spiro atoms. The first-order valence-electron chi connectivity index (χ1n) is 10.1. The van der Waals surface area contributed by atoms with Crippen molar-refractivity contribution in [2.75, 3.05) is 43.0 Å². The van der Waals surface area contributed by atoms with E-state index in [1.807, 2.05) is 6.07 Å². The Morgan fingerprint density at radius 3 is 2.79 bits per heavy atom. The average Bonchev–Trinajstić information content (AvgIpc) is 3.05. The molecule has 0 saturated carbocycles. The average molecular weight is 405 g/mol. The van der Waals surface area contributed by atoms with Crippen LogP contribution in [0.25, 0.3) is 6.08 Å². The minimum atomic E-state index is -0.963. The molecule has 28 heavy (non-hydrogen) atoms. The van der Waals surface area contributed by atoms with Crippen molar-refractivity contribution in [3.05, 3.63) is 16.7 Å². The molecule has 152 valence electrons. The molecule has 1 amide bonds. The lowest BCUT2D eigenvalue weighted by Crippen LogP contribution is -2.44. The molecule has 2 unspecified atom stereocenters. The van der Waals surface area contributed by atoms with Crippen LogP contribution in [0.3, 0.4) is 0 Å². The summed E-state index contributed by atoms with van der Waals surface area (Å²) in [6.07, 6.45) is 6.67. The van der Waals surface area contributed by atoms with Crippen LogP contribution in [0.5, 0.6) is 0 Å². The van der Waals surface area contributed by atoms with Gasteiger partial charge in [-0.3, -0.25) is 4.79 Å². The Labute approximate surface area is 169 Å². The van der Waals surface area contributed by atoms with Crippen LogP contribution < -0.4 is 20.4 Å². The number of hydrogen-bond acceptors (Lipinski definition) is 8. The number of thioether (sulfide) groups is 1. The molecule has 4 heterocycles. The van der Waals surface area contributed by atoms with Crippen molar-refractivity contribution in [2.24, 2.45) is 0 Å². The van der Waals surface area contributed by atoms with Crippen molar-refractivity contribution in [3.63, 3.8) is 0 Å². The van der Waals surface area contributed by atoms with Gasteiger partial charge in [-0.15, -0.1) is 0 Å². The molecule has 0 aromatic carbocycles. The fourth-order valence-electron chi connectivity index (χ4n) is 3.91. The zero-order valence-corrected chi connectivity index (χ0v) is 17.0. The maximum absolute atomic E-state index is 11.5. The summed E-state index contributed by atoms with van der Waals surface area (Å²) in [5, 5.41) is 15.7. The summed E-state index contributed by atoms with van der Waals surface area (Å²) >= 11 is 1.02. The van der Waals surface area contributed by atoms with E-state index in [-0.39, 0.29) is 5.24 Å². The molecule has 3 saturated heterocycles. The monoisotopic (exact) mass is 404 g/mol. The second-order valence-electron chi connectivity index (χ2n) is 7.59. The Kier molecular flexibility index (Phi) is 6.03. The highest BCUT2D eigenvalue weighted by molar-refractivity contribution is 8.17. The van der Waals surface area contributed by atoms with Gasteiger partial charge >= 0.3 is 0 Å². The summed E-state index contributed by atoms with van der Waals surface area (Å²) in [6.45, 7) is 3.95. The lowest BCUT2D eigenvalue weighted by molar-refractivity contribution is 0.192. The van der Waals surface area contributed by atoms with Crippen molar-refractivity contribution < 1.29 is 9.90 Å². The van der Waals surface area contributed by atoms with E-state index < -0.39 is 6.23 Å². The van der Waals surface area contributed by atoms with E-state index in [0.717, 1.165) is 81.1 Å². The first-order valence-corrected chi connectivity index (χ1v) is 10.9. The first kappa shape index (κ1) is 19.5. The molecule has 2 atom stereocenters. The Morgan fingerprint density at radius 1 is 1.29 bits per heavy atom. The van der Waals surface area contributed by atoms with Gasteiger partial charge in [0.1, 0.15) is 5.82 Å². The summed E-state index contributed by atoms with van der Waals surface area (Å²) < 4.78 is 0. The molecule has 0 bridgehead atoms. The molecule has 0 radical (unpaired) electrons. The van der Waals surface area contributed by atoms with Gasteiger partial charge in [-0.05, 0) is 56.5 Å². The highest BCUT2D eigenvalue weighted by Gasteiger charge is 2.26. The van der Waals surface area contributed by atoms with Crippen molar-refractivity contribution >= 4 is 34.8 Å². The Hall–Kier alpha value is -1.84. The number of nitrogens with one attached hydrogen (secondary N) is 2. The van der Waals surface area contributed by atoms with Crippen LogP contribution in [0, 0.1) is 0 Å². The zero-order chi connectivity index (χ0) is 19.5. The van der Waals surface area contributed by atoms with Crippen LogP contribution in [0.2, 0.25) is 0 Å². The third-order valence-electron chi connectivity index (χ3n) is 5.56. The lowest BCUT2D eigenvalue weighted by Gasteiger charge is -2.33. The van der Waals surface area contributed by atoms with Gasteiger partial charge in [-0.25, -0.2) is 4.98 Å². The molecule has 0 aliphatic carbocycles. The van der Waals surface area contributed by atoms with Crippen molar-refractivity contribution in [1.29, 1.82) is 0 Å². The van der Waals surface area contributed by atoms with Crippen LogP contribution in [0.15, 0.2) is 11.0 Å². The molecule has 1 aromatic rings. The highest BCUT2D eigenvalue weighted by atomic mass is 32.2. The number of hydrogen-bond donors (Lipinski definition) is 3. The summed E-state index contributed by atoms with van der Waals surface area (Å²) in [7, 11) is 2.08. The van der Waals surface area contributed by atoms with Gasteiger partial charge < -0.3 is 25.5 Å². The number of aliphatic hydroxyl groups is 1. The van der Waals surface area contributed by atoms with Crippen molar-refractivity contribution in [3.8, 4) is 0 Å².